The molecule has 2 aliphatic rings. The van der Waals surface area contributed by atoms with Crippen LogP contribution in [0.3, 0.4) is 0 Å². The van der Waals surface area contributed by atoms with Gasteiger partial charge in [-0.15, -0.1) is 11.8 Å². The first-order valence-corrected chi connectivity index (χ1v) is 12.8. The first-order valence-electron chi connectivity index (χ1n) is 11.8. The molecule has 34 heavy (non-hydrogen) atoms. The van der Waals surface area contributed by atoms with E-state index < -0.39 is 0 Å². The number of thioether (sulfide) groups is 1. The number of ether oxygens (including phenoxy) is 1. The van der Waals surface area contributed by atoms with E-state index in [1.807, 2.05) is 0 Å². The number of amides is 2. The van der Waals surface area contributed by atoms with Crippen LogP contribution in [-0.4, -0.2) is 73.2 Å². The van der Waals surface area contributed by atoms with Crippen LogP contribution >= 0.6 is 11.8 Å². The Morgan fingerprint density at radius 3 is 2.35 bits per heavy atom. The Morgan fingerprint density at radius 2 is 1.65 bits per heavy atom. The summed E-state index contributed by atoms with van der Waals surface area (Å²) in [7, 11) is 0. The van der Waals surface area contributed by atoms with Gasteiger partial charge in [-0.1, -0.05) is 30.3 Å². The smallest absolute Gasteiger partial charge is 0.291 e. The van der Waals surface area contributed by atoms with Crippen molar-refractivity contribution in [2.45, 2.75) is 13.0 Å². The van der Waals surface area contributed by atoms with E-state index in [2.05, 4.69) is 50.8 Å². The van der Waals surface area contributed by atoms with Crippen molar-refractivity contribution in [2.24, 2.45) is 0 Å². The lowest BCUT2D eigenvalue weighted by Gasteiger charge is -2.34. The number of nitrogens with one attached hydrogen (secondary N) is 2. The molecule has 1 fully saturated rings. The minimum absolute atomic E-state index is 0.0970. The number of carbonyl (C=O) groups is 2. The second-order valence-electron chi connectivity index (χ2n) is 8.45. The van der Waals surface area contributed by atoms with E-state index in [4.69, 9.17) is 4.74 Å². The topological polar surface area (TPSA) is 73.9 Å². The van der Waals surface area contributed by atoms with Crippen LogP contribution in [-0.2, 0) is 16.1 Å². The van der Waals surface area contributed by atoms with E-state index in [1.165, 1.54) is 5.56 Å². The van der Waals surface area contributed by atoms with Gasteiger partial charge in [0.2, 0.25) is 0 Å². The van der Waals surface area contributed by atoms with Crippen LogP contribution in [0.1, 0.15) is 22.3 Å². The third-order valence-corrected chi connectivity index (χ3v) is 6.71. The largest absolute Gasteiger partial charge is 0.487 e. The minimum atomic E-state index is -0.273. The molecule has 0 saturated carbocycles. The monoisotopic (exact) mass is 480 g/mol. The average Bonchev–Trinajstić information content (AvgIpc) is 2.89. The van der Waals surface area contributed by atoms with Crippen LogP contribution < -0.4 is 10.6 Å². The molecule has 0 bridgehead atoms. The van der Waals surface area contributed by atoms with Gasteiger partial charge in [0.15, 0.2) is 5.76 Å². The van der Waals surface area contributed by atoms with Crippen LogP contribution in [0.2, 0.25) is 0 Å². The van der Waals surface area contributed by atoms with Gasteiger partial charge in [0.05, 0.1) is 6.61 Å². The lowest BCUT2D eigenvalue weighted by Crippen LogP contribution is -2.46. The van der Waals surface area contributed by atoms with Gasteiger partial charge in [-0.05, 0) is 42.8 Å². The van der Waals surface area contributed by atoms with E-state index in [1.54, 1.807) is 41.4 Å². The number of carbonyl (C=O) groups excluding carboxylic acids is 2. The second-order valence-corrected chi connectivity index (χ2v) is 9.42. The summed E-state index contributed by atoms with van der Waals surface area (Å²) in [5.41, 5.74) is 2.58. The van der Waals surface area contributed by atoms with Crippen molar-refractivity contribution in [1.29, 1.82) is 0 Å². The molecule has 0 aromatic heterocycles. The van der Waals surface area contributed by atoms with Gasteiger partial charge in [-0.2, -0.15) is 0 Å². The molecule has 2 amide bonds. The summed E-state index contributed by atoms with van der Waals surface area (Å²) < 4.78 is 5.36. The summed E-state index contributed by atoms with van der Waals surface area (Å²) in [5, 5.41) is 7.52. The summed E-state index contributed by atoms with van der Waals surface area (Å²) in [6, 6.07) is 17.5. The van der Waals surface area contributed by atoms with Crippen LogP contribution in [0, 0.1) is 0 Å². The molecule has 4 rings (SSSR count). The molecule has 2 aromatic carbocycles. The Kier molecular flexibility index (Phi) is 9.01. The lowest BCUT2D eigenvalue weighted by molar-refractivity contribution is -0.116. The van der Waals surface area contributed by atoms with Gasteiger partial charge in [-0.25, -0.2) is 0 Å². The summed E-state index contributed by atoms with van der Waals surface area (Å²) in [5.74, 6) is 0.813. The highest BCUT2D eigenvalue weighted by Crippen LogP contribution is 2.17. The number of benzene rings is 2. The van der Waals surface area contributed by atoms with E-state index in [9.17, 15) is 9.59 Å². The molecule has 0 unspecified atom stereocenters. The molecule has 2 aliphatic heterocycles. The SMILES string of the molecule is O=C(Nc1ccc(C(=O)NCCCN2CCN(Cc3ccccc3)CC2)cc1)C1=CSCCO1. The van der Waals surface area contributed by atoms with Gasteiger partial charge < -0.3 is 20.3 Å². The fraction of sp³-hybridized carbons (Fsp3) is 0.385. The highest BCUT2D eigenvalue weighted by atomic mass is 32.2. The lowest BCUT2D eigenvalue weighted by atomic mass is 10.2. The Labute approximate surface area is 205 Å². The molecule has 2 heterocycles. The molecular formula is C26H32N4O3S. The van der Waals surface area contributed by atoms with Crippen molar-refractivity contribution in [3.05, 3.63) is 76.9 Å². The summed E-state index contributed by atoms with van der Waals surface area (Å²) >= 11 is 1.56. The Bertz CT molecular complexity index is 973. The van der Waals surface area contributed by atoms with Gasteiger partial charge in [0.25, 0.3) is 11.8 Å². The zero-order valence-electron chi connectivity index (χ0n) is 19.4. The molecule has 0 aliphatic carbocycles. The number of hydrogen-bond donors (Lipinski definition) is 2. The number of hydrogen-bond acceptors (Lipinski definition) is 6. The third-order valence-electron chi connectivity index (χ3n) is 5.93. The van der Waals surface area contributed by atoms with Crippen molar-refractivity contribution in [1.82, 2.24) is 15.1 Å². The number of piperazine rings is 1. The molecule has 0 radical (unpaired) electrons. The number of anilines is 1. The first-order chi connectivity index (χ1) is 16.7. The molecule has 0 atom stereocenters. The molecule has 0 spiro atoms. The van der Waals surface area contributed by atoms with Crippen LogP contribution in [0.15, 0.2) is 65.8 Å². The zero-order chi connectivity index (χ0) is 23.6. The Morgan fingerprint density at radius 1 is 0.912 bits per heavy atom. The summed E-state index contributed by atoms with van der Waals surface area (Å²) in [4.78, 5) is 29.6. The molecule has 8 heteroatoms. The number of nitrogens with zero attached hydrogens (tertiary/aromatic N) is 2. The van der Waals surface area contributed by atoms with E-state index in [-0.39, 0.29) is 11.8 Å². The quantitative estimate of drug-likeness (QED) is 0.537. The van der Waals surface area contributed by atoms with Crippen molar-refractivity contribution >= 4 is 29.3 Å². The molecule has 2 aromatic rings. The fourth-order valence-corrected chi connectivity index (χ4v) is 4.63. The van der Waals surface area contributed by atoms with E-state index in [0.717, 1.165) is 51.4 Å². The summed E-state index contributed by atoms with van der Waals surface area (Å²) in [6.45, 7) is 7.46. The Balaban J connectivity index is 1.11. The maximum Gasteiger partial charge on any atom is 0.291 e. The second kappa shape index (κ2) is 12.6. The molecule has 2 N–H and O–H groups in total. The van der Waals surface area contributed by atoms with Crippen molar-refractivity contribution in [3.63, 3.8) is 0 Å². The first kappa shape index (κ1) is 24.3. The van der Waals surface area contributed by atoms with Crippen molar-refractivity contribution < 1.29 is 14.3 Å². The maximum atomic E-state index is 12.4. The van der Waals surface area contributed by atoms with Gasteiger partial charge in [0, 0.05) is 61.7 Å². The maximum absolute atomic E-state index is 12.4. The van der Waals surface area contributed by atoms with E-state index >= 15 is 0 Å². The van der Waals surface area contributed by atoms with Gasteiger partial charge in [-0.3, -0.25) is 14.5 Å². The predicted molar refractivity (Wildman–Crippen MR) is 137 cm³/mol. The molecular weight excluding hydrogens is 448 g/mol. The molecule has 7 nitrogen and oxygen atoms in total. The van der Waals surface area contributed by atoms with Crippen molar-refractivity contribution in [2.75, 3.05) is 56.9 Å². The van der Waals surface area contributed by atoms with Gasteiger partial charge in [0.1, 0.15) is 0 Å². The third kappa shape index (κ3) is 7.35. The normalized spacial score (nSPS) is 16.9. The average molecular weight is 481 g/mol. The highest BCUT2D eigenvalue weighted by Gasteiger charge is 2.17. The Hall–Kier alpha value is -2.81. The molecule has 1 saturated heterocycles. The van der Waals surface area contributed by atoms with Crippen molar-refractivity contribution in [3.8, 4) is 0 Å². The zero-order valence-corrected chi connectivity index (χ0v) is 20.2. The van der Waals surface area contributed by atoms with Crippen LogP contribution in [0.5, 0.6) is 0 Å². The number of rotatable bonds is 9. The van der Waals surface area contributed by atoms with Crippen LogP contribution in [0.4, 0.5) is 5.69 Å². The standard InChI is InChI=1S/C26H32N4O3S/c31-25(22-7-9-23(10-8-22)28-26(32)24-20-34-18-17-33-24)27-11-4-12-29-13-15-30(16-14-29)19-21-5-2-1-3-6-21/h1-3,5-10,20H,4,11-19H2,(H,27,31)(H,28,32). The minimum Gasteiger partial charge on any atom is -0.487 e. The highest BCUT2D eigenvalue weighted by molar-refractivity contribution is 8.02. The van der Waals surface area contributed by atoms with Crippen LogP contribution in [0.25, 0.3) is 0 Å². The van der Waals surface area contributed by atoms with Gasteiger partial charge >= 0.3 is 0 Å². The molecule has 180 valence electrons. The summed E-state index contributed by atoms with van der Waals surface area (Å²) in [6.07, 6.45) is 0.922. The fourth-order valence-electron chi connectivity index (χ4n) is 4.00. The predicted octanol–water partition coefficient (Wildman–Crippen LogP) is 3.17. The van der Waals surface area contributed by atoms with E-state index in [0.29, 0.717) is 30.2 Å².